The summed E-state index contributed by atoms with van der Waals surface area (Å²) in [7, 11) is 0. The Balaban J connectivity index is 2.29. The Labute approximate surface area is 81.7 Å². The van der Waals surface area contributed by atoms with Gasteiger partial charge in [-0.3, -0.25) is 4.79 Å². The van der Waals surface area contributed by atoms with Gasteiger partial charge in [-0.05, 0) is 13.0 Å². The lowest BCUT2D eigenvalue weighted by molar-refractivity contribution is -0.118. The van der Waals surface area contributed by atoms with Gasteiger partial charge in [-0.15, -0.1) is 0 Å². The van der Waals surface area contributed by atoms with Crippen LogP contribution < -0.4 is 0 Å². The molecule has 4 nitrogen and oxygen atoms in total. The number of carbonyl (C=O) groups excluding carboxylic acids is 1. The maximum atomic E-state index is 11.5. The first kappa shape index (κ1) is 8.87. The van der Waals surface area contributed by atoms with Crippen LogP contribution >= 0.6 is 0 Å². The normalized spacial score (nSPS) is 24.1. The molecule has 1 heterocycles. The summed E-state index contributed by atoms with van der Waals surface area (Å²) in [5.41, 5.74) is 0.705. The molecule has 1 atom stereocenters. The molecule has 0 aromatic rings. The minimum atomic E-state index is -0.316. The highest BCUT2D eigenvalue weighted by Crippen LogP contribution is 2.16. The third-order valence-electron chi connectivity index (χ3n) is 1.97. The van der Waals surface area contributed by atoms with E-state index in [0.29, 0.717) is 12.3 Å². The Bertz CT molecular complexity index is 378. The fourth-order valence-electron chi connectivity index (χ4n) is 1.34. The fourth-order valence-corrected chi connectivity index (χ4v) is 1.34. The molecule has 1 aliphatic carbocycles. The van der Waals surface area contributed by atoms with Gasteiger partial charge in [-0.25, -0.2) is 0 Å². The molecule has 1 aliphatic heterocycles. The largest absolute Gasteiger partial charge is 0.464 e. The van der Waals surface area contributed by atoms with Crippen molar-refractivity contribution in [2.45, 2.75) is 6.92 Å². The average molecular weight is 190 g/mol. The molecule has 0 radical (unpaired) electrons. The van der Waals surface area contributed by atoms with Gasteiger partial charge in [0.05, 0.1) is 12.3 Å². The van der Waals surface area contributed by atoms with Crippen LogP contribution in [0.3, 0.4) is 0 Å². The van der Waals surface area contributed by atoms with E-state index in [2.05, 4.69) is 9.98 Å². The van der Waals surface area contributed by atoms with Gasteiger partial charge >= 0.3 is 6.02 Å². The van der Waals surface area contributed by atoms with E-state index < -0.39 is 0 Å². The van der Waals surface area contributed by atoms with Crippen molar-refractivity contribution in [2.75, 3.05) is 6.61 Å². The van der Waals surface area contributed by atoms with Crippen molar-refractivity contribution >= 4 is 17.6 Å². The van der Waals surface area contributed by atoms with E-state index in [1.54, 1.807) is 12.2 Å². The van der Waals surface area contributed by atoms with Crippen LogP contribution in [0.4, 0.5) is 0 Å². The molecule has 1 unspecified atom stereocenters. The first-order chi connectivity index (χ1) is 6.81. The van der Waals surface area contributed by atoms with Gasteiger partial charge in [0, 0.05) is 0 Å². The molecule has 0 aromatic carbocycles. The number of aliphatic imine (C=N–C) groups is 2. The second-order valence-electron chi connectivity index (χ2n) is 2.92. The summed E-state index contributed by atoms with van der Waals surface area (Å²) in [6.45, 7) is 2.29. The van der Waals surface area contributed by atoms with E-state index in [9.17, 15) is 4.79 Å². The number of carbonyl (C=O) groups is 1. The van der Waals surface area contributed by atoms with Crippen molar-refractivity contribution in [3.8, 4) is 0 Å². The zero-order valence-electron chi connectivity index (χ0n) is 7.80. The Morgan fingerprint density at radius 1 is 1.43 bits per heavy atom. The second kappa shape index (κ2) is 3.57. The van der Waals surface area contributed by atoms with E-state index >= 15 is 0 Å². The zero-order chi connectivity index (χ0) is 9.97. The van der Waals surface area contributed by atoms with E-state index in [1.807, 2.05) is 19.1 Å². The number of amides is 1. The maximum Gasteiger partial charge on any atom is 0.319 e. The summed E-state index contributed by atoms with van der Waals surface area (Å²) in [4.78, 5) is 19.3. The van der Waals surface area contributed by atoms with Gasteiger partial charge in [0.1, 0.15) is 5.92 Å². The Morgan fingerprint density at radius 2 is 2.29 bits per heavy atom. The molecule has 2 aliphatic rings. The predicted molar refractivity (Wildman–Crippen MR) is 53.3 cm³/mol. The quantitative estimate of drug-likeness (QED) is 0.621. The lowest BCUT2D eigenvalue weighted by atomic mass is 9.97. The summed E-state index contributed by atoms with van der Waals surface area (Å²) in [6, 6.07) is 0.170. The number of allylic oxidation sites excluding steroid dienone is 3. The van der Waals surface area contributed by atoms with Gasteiger partial charge in [0.25, 0.3) is 5.91 Å². The molecule has 72 valence electrons. The molecule has 0 saturated carbocycles. The van der Waals surface area contributed by atoms with Gasteiger partial charge in [-0.1, -0.05) is 18.2 Å². The van der Waals surface area contributed by atoms with Crippen molar-refractivity contribution in [2.24, 2.45) is 15.9 Å². The van der Waals surface area contributed by atoms with Crippen LogP contribution in [0.2, 0.25) is 0 Å². The van der Waals surface area contributed by atoms with Gasteiger partial charge in [0.2, 0.25) is 0 Å². The summed E-state index contributed by atoms with van der Waals surface area (Å²) < 4.78 is 5.09. The number of nitrogens with zero attached hydrogens (tertiary/aromatic N) is 2. The van der Waals surface area contributed by atoms with E-state index in [4.69, 9.17) is 4.74 Å². The molecular weight excluding hydrogens is 180 g/mol. The molecule has 0 N–H and O–H groups in total. The second-order valence-corrected chi connectivity index (χ2v) is 2.92. The van der Waals surface area contributed by atoms with E-state index in [-0.39, 0.29) is 17.8 Å². The lowest BCUT2D eigenvalue weighted by Gasteiger charge is -2.16. The van der Waals surface area contributed by atoms with Crippen LogP contribution in [-0.4, -0.2) is 24.2 Å². The van der Waals surface area contributed by atoms with Crippen molar-refractivity contribution < 1.29 is 9.53 Å². The smallest absolute Gasteiger partial charge is 0.319 e. The van der Waals surface area contributed by atoms with Crippen LogP contribution in [-0.2, 0) is 9.53 Å². The Morgan fingerprint density at radius 3 is 3.07 bits per heavy atom. The third-order valence-corrected chi connectivity index (χ3v) is 1.97. The highest BCUT2D eigenvalue weighted by molar-refractivity contribution is 6.20. The molecule has 0 spiro atoms. The summed E-state index contributed by atoms with van der Waals surface area (Å²) in [5, 5.41) is 0. The summed E-state index contributed by atoms with van der Waals surface area (Å²) >= 11 is 0. The minimum Gasteiger partial charge on any atom is -0.464 e. The lowest BCUT2D eigenvalue weighted by Crippen LogP contribution is -2.27. The zero-order valence-corrected chi connectivity index (χ0v) is 7.80. The number of ether oxygens (including phenoxy) is 1. The summed E-state index contributed by atoms with van der Waals surface area (Å²) in [5.74, 6) is -0.525. The maximum absolute atomic E-state index is 11.5. The number of amidine groups is 1. The van der Waals surface area contributed by atoms with Crippen LogP contribution in [0.1, 0.15) is 6.92 Å². The predicted octanol–water partition coefficient (Wildman–Crippen LogP) is 1.10. The van der Waals surface area contributed by atoms with Crippen LogP contribution in [0.5, 0.6) is 0 Å². The molecule has 0 saturated heterocycles. The van der Waals surface area contributed by atoms with Gasteiger partial charge < -0.3 is 4.74 Å². The highest BCUT2D eigenvalue weighted by Gasteiger charge is 2.26. The first-order valence-corrected chi connectivity index (χ1v) is 4.50. The number of rotatable bonds is 1. The highest BCUT2D eigenvalue weighted by atomic mass is 16.5. The molecule has 1 amide bonds. The molecule has 4 heteroatoms. The average Bonchev–Trinajstić information content (AvgIpc) is 2.18. The number of fused-ring (bicyclic) bond motifs is 1. The minimum absolute atomic E-state index is 0.170. The molecular formula is C10H10N2O2. The van der Waals surface area contributed by atoms with Gasteiger partial charge in [0.15, 0.2) is 0 Å². The fraction of sp³-hybridized carbons (Fsp3) is 0.300. The standard InChI is InChI=1S/C10H10N2O2/c1-2-14-10-11-8-6-4-3-5-7(8)9(13)12-10/h3-7H,2H2,1H3. The van der Waals surface area contributed by atoms with Crippen LogP contribution in [0.25, 0.3) is 0 Å². The van der Waals surface area contributed by atoms with Crippen molar-refractivity contribution in [1.82, 2.24) is 0 Å². The topological polar surface area (TPSA) is 51.0 Å². The van der Waals surface area contributed by atoms with Gasteiger partial charge in [-0.2, -0.15) is 9.98 Å². The monoisotopic (exact) mass is 190 g/mol. The first-order valence-electron chi connectivity index (χ1n) is 4.50. The number of hydrogen-bond acceptors (Lipinski definition) is 3. The van der Waals surface area contributed by atoms with E-state index in [0.717, 1.165) is 0 Å². The van der Waals surface area contributed by atoms with Crippen molar-refractivity contribution in [3.63, 3.8) is 0 Å². The molecule has 2 rings (SSSR count). The summed E-state index contributed by atoms with van der Waals surface area (Å²) in [6.07, 6.45) is 7.25. The van der Waals surface area contributed by atoms with E-state index in [1.165, 1.54) is 0 Å². The molecule has 0 aromatic heterocycles. The van der Waals surface area contributed by atoms with Crippen LogP contribution in [0.15, 0.2) is 34.3 Å². The molecule has 0 fully saturated rings. The Kier molecular flexibility index (Phi) is 2.26. The SMILES string of the molecule is CCOC1=NC(=O)C2C=CC=CC2=N1. The van der Waals surface area contributed by atoms with Crippen molar-refractivity contribution in [3.05, 3.63) is 24.3 Å². The van der Waals surface area contributed by atoms with Crippen LogP contribution in [0, 0.1) is 5.92 Å². The molecule has 0 bridgehead atoms. The Hall–Kier alpha value is -1.71. The number of hydrogen-bond donors (Lipinski definition) is 0. The molecule has 14 heavy (non-hydrogen) atoms. The third kappa shape index (κ3) is 1.51. The van der Waals surface area contributed by atoms with Crippen molar-refractivity contribution in [1.29, 1.82) is 0 Å².